The Labute approximate surface area is 568 Å². The van der Waals surface area contributed by atoms with Crippen LogP contribution in [0.2, 0.25) is 0 Å². The van der Waals surface area contributed by atoms with Gasteiger partial charge in [-0.1, -0.05) is 330 Å². The van der Waals surface area contributed by atoms with Gasteiger partial charge in [-0.2, -0.15) is 0 Å². The molecule has 0 radical (unpaired) electrons. The zero-order valence-electron chi connectivity index (χ0n) is 60.6. The molecule has 0 aromatic heterocycles. The highest BCUT2D eigenvalue weighted by Crippen LogP contribution is 2.45. The number of aliphatic hydroxyl groups is 1. The molecule has 0 aliphatic rings. The van der Waals surface area contributed by atoms with Crippen molar-refractivity contribution in [2.45, 2.75) is 400 Å². The summed E-state index contributed by atoms with van der Waals surface area (Å²) >= 11 is 0. The van der Waals surface area contributed by atoms with Gasteiger partial charge < -0.3 is 33.8 Å². The standard InChI is InChI=1S/C74H144O17P2/c1-7-10-12-14-16-18-19-20-21-22-23-24-25-26-27-28-29-30-35-39-46-52-58-73(78)90-69(62-85-72(77)57-51-45-38-34-32-31-33-36-43-49-55-67(6)9-3)64-88-92(80,81)86-60-68(75)61-87-93(82,83)89-65-70(63-84-71(76)56-50-44-37-17-15-13-11-8-2)91-74(79)59-53-47-41-40-42-48-54-66(4)5/h66-70,75H,7-65H2,1-6H3,(H,80,81)(H,82,83)/t67?,68-,69-,70-/m1/s1. The van der Waals surface area contributed by atoms with Crippen molar-refractivity contribution in [1.29, 1.82) is 0 Å². The second-order valence-electron chi connectivity index (χ2n) is 27.4. The van der Waals surface area contributed by atoms with E-state index in [4.69, 9.17) is 37.0 Å². The molecule has 0 saturated heterocycles. The van der Waals surface area contributed by atoms with Crippen LogP contribution in [0.1, 0.15) is 382 Å². The maximum atomic E-state index is 13.1. The Morgan fingerprint density at radius 3 is 0.817 bits per heavy atom. The van der Waals surface area contributed by atoms with E-state index in [0.717, 1.165) is 102 Å². The van der Waals surface area contributed by atoms with Crippen molar-refractivity contribution in [3.63, 3.8) is 0 Å². The highest BCUT2D eigenvalue weighted by Gasteiger charge is 2.30. The molecule has 0 fully saturated rings. The van der Waals surface area contributed by atoms with E-state index in [1.54, 1.807) is 0 Å². The van der Waals surface area contributed by atoms with E-state index in [9.17, 15) is 43.2 Å². The second-order valence-corrected chi connectivity index (χ2v) is 30.3. The van der Waals surface area contributed by atoms with Gasteiger partial charge in [0.2, 0.25) is 0 Å². The predicted octanol–water partition coefficient (Wildman–Crippen LogP) is 21.6. The van der Waals surface area contributed by atoms with Crippen LogP contribution in [0.25, 0.3) is 0 Å². The van der Waals surface area contributed by atoms with Crippen LogP contribution in [0.4, 0.5) is 0 Å². The van der Waals surface area contributed by atoms with Crippen LogP contribution in [0.3, 0.4) is 0 Å². The molecule has 0 aromatic carbocycles. The van der Waals surface area contributed by atoms with Crippen molar-refractivity contribution in [3.05, 3.63) is 0 Å². The first kappa shape index (κ1) is 91.1. The van der Waals surface area contributed by atoms with Gasteiger partial charge in [-0.15, -0.1) is 0 Å². The normalized spacial score (nSPS) is 14.3. The molecule has 0 spiro atoms. The Balaban J connectivity index is 5.14. The van der Waals surface area contributed by atoms with E-state index in [0.29, 0.717) is 31.6 Å². The molecule has 0 saturated carbocycles. The summed E-state index contributed by atoms with van der Waals surface area (Å²) in [7, 11) is -9.90. The Morgan fingerprint density at radius 2 is 0.548 bits per heavy atom. The second kappa shape index (κ2) is 66.0. The first-order valence-corrected chi connectivity index (χ1v) is 41.5. The maximum Gasteiger partial charge on any atom is 0.472 e. The van der Waals surface area contributed by atoms with Crippen molar-refractivity contribution < 1.29 is 80.2 Å². The predicted molar refractivity (Wildman–Crippen MR) is 377 cm³/mol. The summed E-state index contributed by atoms with van der Waals surface area (Å²) in [5.41, 5.74) is 0. The molecule has 19 heteroatoms. The summed E-state index contributed by atoms with van der Waals surface area (Å²) in [6.07, 6.45) is 53.1. The number of hydrogen-bond donors (Lipinski definition) is 3. The third kappa shape index (κ3) is 67.0. The average molecular weight is 1370 g/mol. The van der Waals surface area contributed by atoms with Crippen molar-refractivity contribution in [2.75, 3.05) is 39.6 Å². The van der Waals surface area contributed by atoms with Crippen LogP contribution in [0, 0.1) is 11.8 Å². The fraction of sp³-hybridized carbons (Fsp3) is 0.946. The molecule has 17 nitrogen and oxygen atoms in total. The molecular weight excluding hydrogens is 1220 g/mol. The quantitative estimate of drug-likeness (QED) is 0.0222. The molecule has 3 N–H and O–H groups in total. The van der Waals surface area contributed by atoms with Gasteiger partial charge in [0.15, 0.2) is 12.2 Å². The lowest BCUT2D eigenvalue weighted by atomic mass is 9.99. The summed E-state index contributed by atoms with van der Waals surface area (Å²) in [4.78, 5) is 72.5. The summed E-state index contributed by atoms with van der Waals surface area (Å²) in [6.45, 7) is 9.48. The fourth-order valence-corrected chi connectivity index (χ4v) is 12.8. The summed E-state index contributed by atoms with van der Waals surface area (Å²) < 4.78 is 68.3. The maximum absolute atomic E-state index is 13.1. The highest BCUT2D eigenvalue weighted by atomic mass is 31.2. The van der Waals surface area contributed by atoms with Gasteiger partial charge in [-0.05, 0) is 37.5 Å². The van der Waals surface area contributed by atoms with Crippen LogP contribution < -0.4 is 0 Å². The molecule has 0 aromatic rings. The van der Waals surface area contributed by atoms with E-state index in [1.165, 1.54) is 193 Å². The Kier molecular flexibility index (Phi) is 64.6. The number of phosphoric acid groups is 2. The van der Waals surface area contributed by atoms with Gasteiger partial charge in [-0.25, -0.2) is 9.13 Å². The number of phosphoric ester groups is 2. The van der Waals surface area contributed by atoms with Crippen LogP contribution in [-0.2, 0) is 65.4 Å². The number of esters is 4. The van der Waals surface area contributed by atoms with Crippen LogP contribution >= 0.6 is 15.6 Å². The number of carbonyl (C=O) groups excluding carboxylic acids is 4. The summed E-state index contributed by atoms with van der Waals surface area (Å²) in [5, 5.41) is 10.6. The van der Waals surface area contributed by atoms with Gasteiger partial charge >= 0.3 is 39.5 Å². The monoisotopic (exact) mass is 1370 g/mol. The molecular formula is C74H144O17P2. The van der Waals surface area contributed by atoms with Crippen LogP contribution in [0.15, 0.2) is 0 Å². The minimum atomic E-state index is -4.95. The average Bonchev–Trinajstić information content (AvgIpc) is 3.33. The number of rotatable bonds is 73. The van der Waals surface area contributed by atoms with Gasteiger partial charge in [0.05, 0.1) is 26.4 Å². The molecule has 0 aliphatic heterocycles. The van der Waals surface area contributed by atoms with E-state index in [2.05, 4.69) is 41.5 Å². The van der Waals surface area contributed by atoms with Crippen molar-refractivity contribution in [2.24, 2.45) is 11.8 Å². The highest BCUT2D eigenvalue weighted by molar-refractivity contribution is 7.47. The Bertz CT molecular complexity index is 1810. The molecule has 0 bridgehead atoms. The number of hydrogen-bond acceptors (Lipinski definition) is 15. The lowest BCUT2D eigenvalue weighted by Crippen LogP contribution is -2.30. The molecule has 93 heavy (non-hydrogen) atoms. The summed E-state index contributed by atoms with van der Waals surface area (Å²) in [6, 6.07) is 0. The number of unbranched alkanes of at least 4 members (excludes halogenated alkanes) is 42. The number of aliphatic hydroxyl groups excluding tert-OH is 1. The van der Waals surface area contributed by atoms with Gasteiger partial charge in [0, 0.05) is 25.7 Å². The van der Waals surface area contributed by atoms with Crippen LogP contribution in [-0.4, -0.2) is 96.7 Å². The minimum absolute atomic E-state index is 0.102. The third-order valence-electron chi connectivity index (χ3n) is 17.6. The summed E-state index contributed by atoms with van der Waals surface area (Å²) in [5.74, 6) is -0.649. The van der Waals surface area contributed by atoms with Crippen molar-refractivity contribution >= 4 is 39.5 Å². The van der Waals surface area contributed by atoms with E-state index < -0.39 is 97.5 Å². The largest absolute Gasteiger partial charge is 0.472 e. The molecule has 6 atom stereocenters. The lowest BCUT2D eigenvalue weighted by molar-refractivity contribution is -0.161. The molecule has 0 aliphatic carbocycles. The van der Waals surface area contributed by atoms with E-state index >= 15 is 0 Å². The zero-order chi connectivity index (χ0) is 68.6. The fourth-order valence-electron chi connectivity index (χ4n) is 11.3. The first-order chi connectivity index (χ1) is 44.9. The Hall–Kier alpha value is -1.94. The van der Waals surface area contributed by atoms with Crippen molar-refractivity contribution in [3.8, 4) is 0 Å². The molecule has 0 amide bonds. The number of carbonyl (C=O) groups is 4. The molecule has 552 valence electrons. The topological polar surface area (TPSA) is 237 Å². The number of ether oxygens (including phenoxy) is 4. The van der Waals surface area contributed by atoms with E-state index in [1.807, 2.05) is 0 Å². The lowest BCUT2D eigenvalue weighted by Gasteiger charge is -2.21. The van der Waals surface area contributed by atoms with Gasteiger partial charge in [0.25, 0.3) is 0 Å². The van der Waals surface area contributed by atoms with Gasteiger partial charge in [0.1, 0.15) is 19.3 Å². The molecule has 0 rings (SSSR count). The first-order valence-electron chi connectivity index (χ1n) is 38.5. The molecule has 0 heterocycles. The smallest absolute Gasteiger partial charge is 0.462 e. The van der Waals surface area contributed by atoms with Gasteiger partial charge in [-0.3, -0.25) is 37.3 Å². The minimum Gasteiger partial charge on any atom is -0.462 e. The van der Waals surface area contributed by atoms with E-state index in [-0.39, 0.29) is 25.7 Å². The Morgan fingerprint density at radius 1 is 0.312 bits per heavy atom. The molecule has 3 unspecified atom stereocenters. The third-order valence-corrected chi connectivity index (χ3v) is 19.5. The SMILES string of the molecule is CCCCCCCCCCCCCCCCCCCCCCCCC(=O)O[C@H](COC(=O)CCCCCCCCCCCCC(C)CC)COP(=O)(O)OC[C@@H](O)COP(=O)(O)OC[C@@H](COC(=O)CCCCCCCCCC)OC(=O)CCCCCCCCC(C)C. The van der Waals surface area contributed by atoms with Crippen LogP contribution in [0.5, 0.6) is 0 Å². The zero-order valence-corrected chi connectivity index (χ0v) is 62.3. The van der Waals surface area contributed by atoms with Crippen molar-refractivity contribution in [1.82, 2.24) is 0 Å².